The Labute approximate surface area is 100 Å². The number of halogens is 1. The molecule has 0 radical (unpaired) electrons. The topological polar surface area (TPSA) is 39.1 Å². The summed E-state index contributed by atoms with van der Waals surface area (Å²) in [6.07, 6.45) is 2.37. The van der Waals surface area contributed by atoms with Crippen LogP contribution in [-0.2, 0) is 0 Å². The van der Waals surface area contributed by atoms with E-state index < -0.39 is 0 Å². The average molecular weight is 313 g/mol. The maximum Gasteiger partial charge on any atom is 0.227 e. The first kappa shape index (κ1) is 10.4. The number of carbonyl (C=O) groups excluding carboxylic acids is 2. The number of carbonyl (C=O) groups is 2. The standard InChI is InChI=1S/C11H8INO2/c1-7(15)13-5-8(6-14)11-9(12)3-2-4-10(11)13/h2-6H,1H3. The lowest BCUT2D eigenvalue weighted by molar-refractivity contribution is 0.0941. The second kappa shape index (κ2) is 3.77. The monoisotopic (exact) mass is 313 g/mol. The Hall–Kier alpha value is -1.17. The van der Waals surface area contributed by atoms with Gasteiger partial charge in [-0.05, 0) is 34.7 Å². The molecule has 0 saturated carbocycles. The van der Waals surface area contributed by atoms with Crippen molar-refractivity contribution in [3.05, 3.63) is 33.5 Å². The molecule has 0 aliphatic rings. The van der Waals surface area contributed by atoms with Gasteiger partial charge in [-0.15, -0.1) is 0 Å². The Bertz CT molecular complexity index is 557. The van der Waals surface area contributed by atoms with Gasteiger partial charge in [-0.2, -0.15) is 0 Å². The highest BCUT2D eigenvalue weighted by Crippen LogP contribution is 2.25. The Morgan fingerprint density at radius 1 is 1.47 bits per heavy atom. The Morgan fingerprint density at radius 2 is 2.20 bits per heavy atom. The van der Waals surface area contributed by atoms with E-state index in [0.717, 1.165) is 20.8 Å². The van der Waals surface area contributed by atoms with Crippen LogP contribution in [0.5, 0.6) is 0 Å². The van der Waals surface area contributed by atoms with Gasteiger partial charge in [0.25, 0.3) is 0 Å². The van der Waals surface area contributed by atoms with Crippen molar-refractivity contribution < 1.29 is 9.59 Å². The molecule has 1 heterocycles. The summed E-state index contributed by atoms with van der Waals surface area (Å²) in [6.45, 7) is 1.48. The minimum Gasteiger partial charge on any atom is -0.298 e. The minimum absolute atomic E-state index is 0.0879. The predicted molar refractivity (Wildman–Crippen MR) is 66.3 cm³/mol. The number of nitrogens with zero attached hydrogens (tertiary/aromatic N) is 1. The van der Waals surface area contributed by atoms with E-state index in [1.54, 1.807) is 6.20 Å². The van der Waals surface area contributed by atoms with Crippen molar-refractivity contribution >= 4 is 45.7 Å². The average Bonchev–Trinajstić information content (AvgIpc) is 2.58. The molecule has 0 aliphatic heterocycles. The van der Waals surface area contributed by atoms with Gasteiger partial charge >= 0.3 is 0 Å². The molecule has 1 aromatic heterocycles. The molecule has 2 rings (SSSR count). The van der Waals surface area contributed by atoms with Crippen molar-refractivity contribution in [3.8, 4) is 0 Å². The van der Waals surface area contributed by atoms with E-state index in [2.05, 4.69) is 22.6 Å². The van der Waals surface area contributed by atoms with E-state index in [9.17, 15) is 9.59 Å². The molecule has 3 nitrogen and oxygen atoms in total. The lowest BCUT2D eigenvalue weighted by atomic mass is 10.2. The van der Waals surface area contributed by atoms with Crippen LogP contribution in [0, 0.1) is 3.57 Å². The van der Waals surface area contributed by atoms with E-state index in [0.29, 0.717) is 5.56 Å². The number of fused-ring (bicyclic) bond motifs is 1. The van der Waals surface area contributed by atoms with Gasteiger partial charge in [0.1, 0.15) is 0 Å². The molecule has 0 fully saturated rings. The molecule has 4 heteroatoms. The lowest BCUT2D eigenvalue weighted by Crippen LogP contribution is -2.02. The van der Waals surface area contributed by atoms with Crippen LogP contribution in [0.1, 0.15) is 22.1 Å². The third-order valence-electron chi connectivity index (χ3n) is 2.27. The fraction of sp³-hybridized carbons (Fsp3) is 0.0909. The van der Waals surface area contributed by atoms with Gasteiger partial charge < -0.3 is 0 Å². The highest BCUT2D eigenvalue weighted by molar-refractivity contribution is 14.1. The molecule has 0 aliphatic carbocycles. The van der Waals surface area contributed by atoms with Crippen molar-refractivity contribution in [1.29, 1.82) is 0 Å². The number of benzene rings is 1. The van der Waals surface area contributed by atoms with Crippen molar-refractivity contribution in [2.24, 2.45) is 0 Å². The van der Waals surface area contributed by atoms with Crippen LogP contribution in [0.25, 0.3) is 10.9 Å². The lowest BCUT2D eigenvalue weighted by Gasteiger charge is -1.99. The predicted octanol–water partition coefficient (Wildman–Crippen LogP) is 2.72. The van der Waals surface area contributed by atoms with Crippen LogP contribution in [-0.4, -0.2) is 16.8 Å². The molecule has 0 N–H and O–H groups in total. The first-order chi connectivity index (χ1) is 7.15. The largest absolute Gasteiger partial charge is 0.298 e. The van der Waals surface area contributed by atoms with Gasteiger partial charge in [0.2, 0.25) is 5.91 Å². The van der Waals surface area contributed by atoms with Gasteiger partial charge in [-0.25, -0.2) is 0 Å². The van der Waals surface area contributed by atoms with E-state index in [1.165, 1.54) is 11.5 Å². The maximum atomic E-state index is 11.3. The maximum absolute atomic E-state index is 11.3. The van der Waals surface area contributed by atoms with Crippen LogP contribution >= 0.6 is 22.6 Å². The van der Waals surface area contributed by atoms with Gasteiger partial charge in [0.05, 0.1) is 5.52 Å². The molecule has 0 atom stereocenters. The molecule has 0 spiro atoms. The second-order valence-electron chi connectivity index (χ2n) is 3.23. The molecule has 1 aromatic carbocycles. The molecular formula is C11H8INO2. The fourth-order valence-corrected chi connectivity index (χ4v) is 2.42. The third kappa shape index (κ3) is 1.58. The van der Waals surface area contributed by atoms with E-state index >= 15 is 0 Å². The summed E-state index contributed by atoms with van der Waals surface area (Å²) in [4.78, 5) is 22.2. The van der Waals surface area contributed by atoms with Crippen LogP contribution in [0.3, 0.4) is 0 Å². The van der Waals surface area contributed by atoms with Crippen molar-refractivity contribution in [2.75, 3.05) is 0 Å². The molecule has 0 saturated heterocycles. The second-order valence-corrected chi connectivity index (χ2v) is 4.39. The summed E-state index contributed by atoms with van der Waals surface area (Å²) in [5, 5.41) is 0.850. The van der Waals surface area contributed by atoms with Crippen LogP contribution in [0.15, 0.2) is 24.4 Å². The van der Waals surface area contributed by atoms with Crippen LogP contribution in [0.4, 0.5) is 0 Å². The molecule has 0 amide bonds. The van der Waals surface area contributed by atoms with Crippen LogP contribution in [0.2, 0.25) is 0 Å². The van der Waals surface area contributed by atoms with Crippen molar-refractivity contribution in [2.45, 2.75) is 6.92 Å². The highest BCUT2D eigenvalue weighted by Gasteiger charge is 2.12. The zero-order chi connectivity index (χ0) is 11.0. The van der Waals surface area contributed by atoms with Gasteiger partial charge in [0.15, 0.2) is 6.29 Å². The Morgan fingerprint density at radius 3 is 2.80 bits per heavy atom. The summed E-state index contributed by atoms with van der Waals surface area (Å²) >= 11 is 2.16. The van der Waals surface area contributed by atoms with E-state index in [1.807, 2.05) is 18.2 Å². The first-order valence-electron chi connectivity index (χ1n) is 4.41. The first-order valence-corrected chi connectivity index (χ1v) is 5.48. The van der Waals surface area contributed by atoms with Gasteiger partial charge in [0, 0.05) is 27.6 Å². The normalized spacial score (nSPS) is 10.5. The highest BCUT2D eigenvalue weighted by atomic mass is 127. The third-order valence-corrected chi connectivity index (χ3v) is 3.17. The number of aldehydes is 1. The number of aromatic nitrogens is 1. The molecule has 0 unspecified atom stereocenters. The summed E-state index contributed by atoms with van der Waals surface area (Å²) in [7, 11) is 0. The quantitative estimate of drug-likeness (QED) is 0.600. The van der Waals surface area contributed by atoms with Gasteiger partial charge in [-0.1, -0.05) is 6.07 Å². The number of hydrogen-bond donors (Lipinski definition) is 0. The Kier molecular flexibility index (Phi) is 2.60. The zero-order valence-corrected chi connectivity index (χ0v) is 10.2. The molecular weight excluding hydrogens is 305 g/mol. The zero-order valence-electron chi connectivity index (χ0n) is 8.03. The molecule has 2 aromatic rings. The molecule has 15 heavy (non-hydrogen) atoms. The SMILES string of the molecule is CC(=O)n1cc(C=O)c2c(I)cccc21. The van der Waals surface area contributed by atoms with Crippen molar-refractivity contribution in [1.82, 2.24) is 4.57 Å². The fourth-order valence-electron chi connectivity index (χ4n) is 1.62. The number of hydrogen-bond acceptors (Lipinski definition) is 2. The smallest absolute Gasteiger partial charge is 0.227 e. The van der Waals surface area contributed by atoms with Gasteiger partial charge in [-0.3, -0.25) is 14.2 Å². The molecule has 76 valence electrons. The van der Waals surface area contributed by atoms with E-state index in [-0.39, 0.29) is 5.91 Å². The number of rotatable bonds is 1. The molecule has 0 bridgehead atoms. The van der Waals surface area contributed by atoms with E-state index in [4.69, 9.17) is 0 Å². The summed E-state index contributed by atoms with van der Waals surface area (Å²) < 4.78 is 2.48. The van der Waals surface area contributed by atoms with Crippen LogP contribution < -0.4 is 0 Å². The Balaban J connectivity index is 2.93. The minimum atomic E-state index is -0.0879. The van der Waals surface area contributed by atoms with Crippen molar-refractivity contribution in [3.63, 3.8) is 0 Å². The summed E-state index contributed by atoms with van der Waals surface area (Å²) in [5.41, 5.74) is 1.35. The summed E-state index contributed by atoms with van der Waals surface area (Å²) in [5.74, 6) is -0.0879. The summed E-state index contributed by atoms with van der Waals surface area (Å²) in [6, 6.07) is 5.63.